The molecule has 0 saturated carbocycles. The van der Waals surface area contributed by atoms with Crippen molar-refractivity contribution in [2.75, 3.05) is 0 Å². The Hall–Kier alpha value is -4.33. The number of allylic oxidation sites excluding steroid dienone is 4. The Bertz CT molecular complexity index is 1410. The first-order valence-electron chi connectivity index (χ1n) is 10.1. The molecule has 1 atom stereocenters. The van der Waals surface area contributed by atoms with Crippen LogP contribution >= 0.6 is 0 Å². The molecule has 2 aromatic carbocycles. The van der Waals surface area contributed by atoms with Gasteiger partial charge in [0.05, 0.1) is 5.56 Å². The summed E-state index contributed by atoms with van der Waals surface area (Å²) >= 11 is 0. The topological polar surface area (TPSA) is 130 Å². The lowest BCUT2D eigenvalue weighted by molar-refractivity contribution is -0.123. The van der Waals surface area contributed by atoms with Crippen LogP contribution in [0.5, 0.6) is 23.0 Å². The third-order valence-electron chi connectivity index (χ3n) is 6.23. The van der Waals surface area contributed by atoms with Gasteiger partial charge in [0.2, 0.25) is 5.78 Å². The molecule has 0 fully saturated rings. The van der Waals surface area contributed by atoms with Crippen LogP contribution in [0.3, 0.4) is 0 Å². The third-order valence-corrected chi connectivity index (χ3v) is 6.23. The molecule has 3 N–H and O–H groups in total. The van der Waals surface area contributed by atoms with Gasteiger partial charge < -0.3 is 24.8 Å². The Morgan fingerprint density at radius 1 is 1.03 bits per heavy atom. The van der Waals surface area contributed by atoms with E-state index < -0.39 is 34.1 Å². The molecule has 5 rings (SSSR count). The number of aromatic hydroxyl groups is 2. The van der Waals surface area contributed by atoms with Crippen molar-refractivity contribution in [3.63, 3.8) is 0 Å². The van der Waals surface area contributed by atoms with E-state index in [9.17, 15) is 29.7 Å². The molecule has 1 aliphatic carbocycles. The fourth-order valence-corrected chi connectivity index (χ4v) is 4.45. The Labute approximate surface area is 187 Å². The van der Waals surface area contributed by atoms with Gasteiger partial charge in [-0.05, 0) is 44.5 Å². The highest BCUT2D eigenvalue weighted by Crippen LogP contribution is 2.59. The maximum Gasteiger partial charge on any atom is 0.235 e. The molecule has 2 aliphatic heterocycles. The second kappa shape index (κ2) is 6.59. The Balaban J connectivity index is 1.70. The fourth-order valence-electron chi connectivity index (χ4n) is 4.45. The van der Waals surface area contributed by atoms with Crippen LogP contribution in [0.1, 0.15) is 40.9 Å². The summed E-state index contributed by atoms with van der Waals surface area (Å²) in [5, 5.41) is 30.7. The van der Waals surface area contributed by atoms with E-state index >= 15 is 0 Å². The number of fused-ring (bicyclic) bond motifs is 5. The number of phenols is 2. The van der Waals surface area contributed by atoms with Gasteiger partial charge in [0.1, 0.15) is 45.3 Å². The van der Waals surface area contributed by atoms with Gasteiger partial charge in [-0.15, -0.1) is 0 Å². The number of aliphatic hydroxyl groups excluding tert-OH is 1. The summed E-state index contributed by atoms with van der Waals surface area (Å²) in [7, 11) is 0. The summed E-state index contributed by atoms with van der Waals surface area (Å²) in [4.78, 5) is 38.6. The largest absolute Gasteiger partial charge is 0.508 e. The second-order valence-corrected chi connectivity index (χ2v) is 8.29. The molecule has 0 unspecified atom stereocenters. The molecule has 0 spiro atoms. The standard InChI is InChI=1S/C25H18O8/c1-10-20(29)19-23(33-16-9-14(28)17(11(2)26)24(31)25(16,19)3)18-21(30)15(32-22(10)18)8-12-4-6-13(27)7-5-12/h4-9,27-29H,1-3H3/b15-8-/t25-/m0/s1. The normalized spacial score (nSPS) is 21.9. The van der Waals surface area contributed by atoms with E-state index in [1.807, 2.05) is 0 Å². The zero-order valence-electron chi connectivity index (χ0n) is 17.8. The predicted octanol–water partition coefficient (Wildman–Crippen LogP) is 3.54. The van der Waals surface area contributed by atoms with Crippen LogP contribution in [0, 0.1) is 6.92 Å². The first kappa shape index (κ1) is 20.6. The second-order valence-electron chi connectivity index (χ2n) is 8.29. The molecule has 2 heterocycles. The smallest absolute Gasteiger partial charge is 0.235 e. The van der Waals surface area contributed by atoms with Crippen molar-refractivity contribution in [1.82, 2.24) is 0 Å². The maximum absolute atomic E-state index is 13.3. The molecule has 3 aliphatic rings. The van der Waals surface area contributed by atoms with Crippen LogP contribution in [0.4, 0.5) is 0 Å². The summed E-state index contributed by atoms with van der Waals surface area (Å²) in [6, 6.07) is 6.13. The first-order valence-corrected chi connectivity index (χ1v) is 10.1. The summed E-state index contributed by atoms with van der Waals surface area (Å²) in [5.41, 5.74) is -1.08. The lowest BCUT2D eigenvalue weighted by atomic mass is 9.71. The number of benzene rings is 2. The molecule has 33 heavy (non-hydrogen) atoms. The number of phenolic OH excluding ortho intramolecular Hbond substituents is 2. The minimum absolute atomic E-state index is 0.00290. The molecule has 0 amide bonds. The summed E-state index contributed by atoms with van der Waals surface area (Å²) in [5.74, 6) is -2.62. The van der Waals surface area contributed by atoms with Crippen molar-refractivity contribution in [2.24, 2.45) is 0 Å². The average Bonchev–Trinajstić information content (AvgIpc) is 3.23. The van der Waals surface area contributed by atoms with Crippen molar-refractivity contribution < 1.29 is 39.2 Å². The summed E-state index contributed by atoms with van der Waals surface area (Å²) in [6.45, 7) is 4.18. The van der Waals surface area contributed by atoms with E-state index in [2.05, 4.69) is 0 Å². The summed E-state index contributed by atoms with van der Waals surface area (Å²) < 4.78 is 11.6. The van der Waals surface area contributed by atoms with Gasteiger partial charge in [0, 0.05) is 11.6 Å². The molecule has 0 aromatic heterocycles. The van der Waals surface area contributed by atoms with E-state index in [4.69, 9.17) is 9.47 Å². The number of rotatable bonds is 2. The van der Waals surface area contributed by atoms with Gasteiger partial charge in [-0.25, -0.2) is 0 Å². The highest BCUT2D eigenvalue weighted by Gasteiger charge is 2.56. The molecule has 166 valence electrons. The lowest BCUT2D eigenvalue weighted by Crippen LogP contribution is -2.38. The number of hydrogen-bond donors (Lipinski definition) is 3. The van der Waals surface area contributed by atoms with E-state index in [1.54, 1.807) is 19.1 Å². The molecular formula is C25H18O8. The Kier molecular flexibility index (Phi) is 4.10. The van der Waals surface area contributed by atoms with Crippen molar-refractivity contribution in [3.8, 4) is 23.0 Å². The number of carbonyl (C=O) groups is 3. The minimum Gasteiger partial charge on any atom is -0.508 e. The van der Waals surface area contributed by atoms with Crippen molar-refractivity contribution in [2.45, 2.75) is 26.2 Å². The van der Waals surface area contributed by atoms with Crippen LogP contribution in [0.25, 0.3) is 6.08 Å². The van der Waals surface area contributed by atoms with Gasteiger partial charge >= 0.3 is 0 Å². The molecule has 0 saturated heterocycles. The number of aliphatic hydroxyl groups is 1. The van der Waals surface area contributed by atoms with E-state index in [1.165, 1.54) is 25.1 Å². The summed E-state index contributed by atoms with van der Waals surface area (Å²) in [6.07, 6.45) is 2.65. The van der Waals surface area contributed by atoms with Crippen molar-refractivity contribution in [1.29, 1.82) is 0 Å². The minimum atomic E-state index is -1.60. The van der Waals surface area contributed by atoms with Crippen LogP contribution in [-0.4, -0.2) is 32.7 Å². The molecule has 8 nitrogen and oxygen atoms in total. The number of hydrogen-bond acceptors (Lipinski definition) is 8. The SMILES string of the molecule is CC(=O)C1=C(O)C=C2Oc3c4c(c(C)c(O)c3[C@@]2(C)C1=O)O/C(=C\c1ccc(O)cc1)C4=O. The van der Waals surface area contributed by atoms with Crippen LogP contribution in [0.15, 0.2) is 53.2 Å². The highest BCUT2D eigenvalue weighted by molar-refractivity contribution is 6.26. The molecule has 2 aromatic rings. The Morgan fingerprint density at radius 3 is 2.33 bits per heavy atom. The lowest BCUT2D eigenvalue weighted by Gasteiger charge is -2.27. The van der Waals surface area contributed by atoms with Gasteiger partial charge in [0.25, 0.3) is 0 Å². The highest BCUT2D eigenvalue weighted by atomic mass is 16.5. The third kappa shape index (κ3) is 2.60. The van der Waals surface area contributed by atoms with Gasteiger partial charge in [-0.1, -0.05) is 12.1 Å². The molecule has 8 heteroatoms. The number of ether oxygens (including phenoxy) is 2. The Morgan fingerprint density at radius 2 is 1.70 bits per heavy atom. The quantitative estimate of drug-likeness (QED) is 0.472. The monoisotopic (exact) mass is 446 g/mol. The molecular weight excluding hydrogens is 428 g/mol. The van der Waals surface area contributed by atoms with E-state index in [0.29, 0.717) is 5.56 Å². The molecule has 0 radical (unpaired) electrons. The zero-order valence-corrected chi connectivity index (χ0v) is 17.8. The van der Waals surface area contributed by atoms with Gasteiger partial charge in [-0.3, -0.25) is 14.4 Å². The number of carbonyl (C=O) groups excluding carboxylic acids is 3. The predicted molar refractivity (Wildman–Crippen MR) is 115 cm³/mol. The van der Waals surface area contributed by atoms with E-state index in [-0.39, 0.29) is 51.2 Å². The number of Topliss-reactive ketones (excluding diaryl/α,β-unsaturated/α-hetero) is 3. The van der Waals surface area contributed by atoms with Crippen molar-refractivity contribution >= 4 is 23.4 Å². The van der Waals surface area contributed by atoms with Gasteiger partial charge in [-0.2, -0.15) is 0 Å². The first-order chi connectivity index (χ1) is 15.6. The number of ketones is 3. The fraction of sp³-hybridized carbons (Fsp3) is 0.160. The van der Waals surface area contributed by atoms with Crippen LogP contribution in [0.2, 0.25) is 0 Å². The van der Waals surface area contributed by atoms with Crippen LogP contribution < -0.4 is 9.47 Å². The van der Waals surface area contributed by atoms with Crippen LogP contribution in [-0.2, 0) is 15.0 Å². The maximum atomic E-state index is 13.3. The average molecular weight is 446 g/mol. The zero-order chi connectivity index (χ0) is 23.8. The van der Waals surface area contributed by atoms with E-state index in [0.717, 1.165) is 13.0 Å². The molecule has 0 bridgehead atoms. The van der Waals surface area contributed by atoms with Crippen molar-refractivity contribution in [3.05, 3.63) is 75.4 Å². The van der Waals surface area contributed by atoms with Gasteiger partial charge in [0.15, 0.2) is 23.1 Å².